The predicted octanol–water partition coefficient (Wildman–Crippen LogP) is 4.01. The predicted molar refractivity (Wildman–Crippen MR) is 84.6 cm³/mol. The number of hydrogen-bond donors (Lipinski definition) is 1. The van der Waals surface area contributed by atoms with Crippen LogP contribution in [0, 0.1) is 5.92 Å². The molecule has 0 saturated heterocycles. The summed E-state index contributed by atoms with van der Waals surface area (Å²) in [5.74, 6) is 2.42. The van der Waals surface area contributed by atoms with Crippen molar-refractivity contribution in [2.24, 2.45) is 5.92 Å². The Morgan fingerprint density at radius 3 is 2.50 bits per heavy atom. The van der Waals surface area contributed by atoms with Gasteiger partial charge in [-0.05, 0) is 24.9 Å². The van der Waals surface area contributed by atoms with E-state index in [9.17, 15) is 0 Å². The summed E-state index contributed by atoms with van der Waals surface area (Å²) in [6.45, 7) is 9.25. The molecule has 0 atom stereocenters. The summed E-state index contributed by atoms with van der Waals surface area (Å²) in [4.78, 5) is 0. The van der Waals surface area contributed by atoms with Crippen LogP contribution in [-0.2, 0) is 6.54 Å². The minimum Gasteiger partial charge on any atom is -0.497 e. The van der Waals surface area contributed by atoms with E-state index in [0.29, 0.717) is 5.92 Å². The van der Waals surface area contributed by atoms with E-state index in [1.807, 2.05) is 12.1 Å². The first kappa shape index (κ1) is 16.8. The second-order valence-corrected chi connectivity index (χ2v) is 5.14. The molecule has 0 radical (unpaired) electrons. The highest BCUT2D eigenvalue weighted by Gasteiger charge is 2.09. The highest BCUT2D eigenvalue weighted by atomic mass is 16.5. The van der Waals surface area contributed by atoms with Crippen LogP contribution in [0.2, 0.25) is 0 Å². The number of methoxy groups -OCH3 is 1. The average molecular weight is 279 g/mol. The van der Waals surface area contributed by atoms with Crippen LogP contribution in [0.1, 0.15) is 45.6 Å². The van der Waals surface area contributed by atoms with Gasteiger partial charge in [-0.2, -0.15) is 0 Å². The Bertz CT molecular complexity index is 375. The van der Waals surface area contributed by atoms with Gasteiger partial charge in [0.05, 0.1) is 13.7 Å². The van der Waals surface area contributed by atoms with Gasteiger partial charge in [-0.15, -0.1) is 0 Å². The summed E-state index contributed by atoms with van der Waals surface area (Å²) in [5, 5.41) is 3.42. The number of rotatable bonds is 10. The highest BCUT2D eigenvalue weighted by molar-refractivity contribution is 5.40. The summed E-state index contributed by atoms with van der Waals surface area (Å²) in [6, 6.07) is 6.07. The molecule has 0 heterocycles. The average Bonchev–Trinajstić information content (AvgIpc) is 2.49. The van der Waals surface area contributed by atoms with Crippen LogP contribution in [-0.4, -0.2) is 20.3 Å². The van der Waals surface area contributed by atoms with Gasteiger partial charge in [0.25, 0.3) is 0 Å². The summed E-state index contributed by atoms with van der Waals surface area (Å²) < 4.78 is 11.3. The molecule has 0 spiro atoms. The van der Waals surface area contributed by atoms with Crippen LogP contribution in [0.4, 0.5) is 0 Å². The maximum Gasteiger partial charge on any atom is 0.127 e. The molecule has 0 bridgehead atoms. The lowest BCUT2D eigenvalue weighted by Crippen LogP contribution is -2.16. The molecule has 20 heavy (non-hydrogen) atoms. The lowest BCUT2D eigenvalue weighted by Gasteiger charge is -2.17. The minimum atomic E-state index is 0.623. The van der Waals surface area contributed by atoms with Crippen LogP contribution >= 0.6 is 0 Å². The maximum absolute atomic E-state index is 6.03. The van der Waals surface area contributed by atoms with E-state index in [4.69, 9.17) is 9.47 Å². The Morgan fingerprint density at radius 2 is 1.90 bits per heavy atom. The molecule has 0 amide bonds. The molecule has 1 aromatic carbocycles. The Labute approximate surface area is 123 Å². The lowest BCUT2D eigenvalue weighted by atomic mass is 10.1. The third kappa shape index (κ3) is 5.41. The Morgan fingerprint density at radius 1 is 1.15 bits per heavy atom. The van der Waals surface area contributed by atoms with E-state index in [2.05, 4.69) is 32.2 Å². The quantitative estimate of drug-likeness (QED) is 0.656. The Hall–Kier alpha value is -1.22. The Balaban J connectivity index is 2.72. The van der Waals surface area contributed by atoms with Gasteiger partial charge >= 0.3 is 0 Å². The monoisotopic (exact) mass is 279 g/mol. The van der Waals surface area contributed by atoms with E-state index in [-0.39, 0.29) is 0 Å². The highest BCUT2D eigenvalue weighted by Crippen LogP contribution is 2.26. The fraction of sp³-hybridized carbons (Fsp3) is 0.647. The third-order valence-corrected chi connectivity index (χ3v) is 3.65. The molecule has 1 N–H and O–H groups in total. The number of nitrogens with one attached hydrogen (secondary N) is 1. The first-order valence-electron chi connectivity index (χ1n) is 7.75. The maximum atomic E-state index is 6.03. The summed E-state index contributed by atoms with van der Waals surface area (Å²) >= 11 is 0. The van der Waals surface area contributed by atoms with Gasteiger partial charge in [-0.25, -0.2) is 0 Å². The van der Waals surface area contributed by atoms with E-state index in [1.54, 1.807) is 7.11 Å². The zero-order valence-electron chi connectivity index (χ0n) is 13.4. The van der Waals surface area contributed by atoms with E-state index in [1.165, 1.54) is 5.56 Å². The van der Waals surface area contributed by atoms with Gasteiger partial charge in [0.15, 0.2) is 0 Å². The van der Waals surface area contributed by atoms with Crippen molar-refractivity contribution in [3.63, 3.8) is 0 Å². The minimum absolute atomic E-state index is 0.623. The van der Waals surface area contributed by atoms with Gasteiger partial charge in [-0.1, -0.05) is 39.7 Å². The molecule has 1 aromatic rings. The summed E-state index contributed by atoms with van der Waals surface area (Å²) in [6.07, 6.45) is 3.45. The molecule has 0 saturated carbocycles. The standard InChI is InChI=1S/C17H29NO2/c1-5-10-18-12-15-8-9-16(19-4)11-17(15)20-13-14(6-2)7-3/h8-9,11,14,18H,5-7,10,12-13H2,1-4H3. The first-order chi connectivity index (χ1) is 9.74. The zero-order valence-corrected chi connectivity index (χ0v) is 13.4. The molecule has 0 unspecified atom stereocenters. The van der Waals surface area contributed by atoms with Crippen LogP contribution in [0.25, 0.3) is 0 Å². The molecular weight excluding hydrogens is 250 g/mol. The zero-order chi connectivity index (χ0) is 14.8. The van der Waals surface area contributed by atoms with Crippen molar-refractivity contribution in [3.8, 4) is 11.5 Å². The smallest absolute Gasteiger partial charge is 0.127 e. The van der Waals surface area contributed by atoms with Gasteiger partial charge in [-0.3, -0.25) is 0 Å². The third-order valence-electron chi connectivity index (χ3n) is 3.65. The molecule has 0 aliphatic carbocycles. The molecule has 3 nitrogen and oxygen atoms in total. The van der Waals surface area contributed by atoms with Crippen LogP contribution < -0.4 is 14.8 Å². The molecule has 1 rings (SSSR count). The largest absolute Gasteiger partial charge is 0.497 e. The second kappa shape index (κ2) is 9.65. The van der Waals surface area contributed by atoms with Crippen molar-refractivity contribution < 1.29 is 9.47 Å². The molecule has 3 heteroatoms. The second-order valence-electron chi connectivity index (χ2n) is 5.14. The van der Waals surface area contributed by atoms with E-state index >= 15 is 0 Å². The van der Waals surface area contributed by atoms with Gasteiger partial charge < -0.3 is 14.8 Å². The van der Waals surface area contributed by atoms with Crippen molar-refractivity contribution in [2.45, 2.75) is 46.6 Å². The van der Waals surface area contributed by atoms with Crippen LogP contribution in [0.3, 0.4) is 0 Å². The van der Waals surface area contributed by atoms with Gasteiger partial charge in [0.2, 0.25) is 0 Å². The van der Waals surface area contributed by atoms with Gasteiger partial charge in [0.1, 0.15) is 11.5 Å². The molecular formula is C17H29NO2. The first-order valence-corrected chi connectivity index (χ1v) is 7.75. The molecule has 0 aliphatic heterocycles. The Kier molecular flexibility index (Phi) is 8.12. The van der Waals surface area contributed by atoms with E-state index < -0.39 is 0 Å². The van der Waals surface area contributed by atoms with Crippen molar-refractivity contribution in [2.75, 3.05) is 20.3 Å². The molecule has 0 aromatic heterocycles. The SMILES string of the molecule is CCCNCc1ccc(OC)cc1OCC(CC)CC. The topological polar surface area (TPSA) is 30.5 Å². The van der Waals surface area contributed by atoms with Crippen LogP contribution in [0.15, 0.2) is 18.2 Å². The molecule has 0 aliphatic rings. The fourth-order valence-corrected chi connectivity index (χ4v) is 2.07. The number of hydrogen-bond acceptors (Lipinski definition) is 3. The molecule has 114 valence electrons. The van der Waals surface area contributed by atoms with Gasteiger partial charge in [0, 0.05) is 18.2 Å². The van der Waals surface area contributed by atoms with Crippen molar-refractivity contribution in [1.82, 2.24) is 5.32 Å². The number of benzene rings is 1. The van der Waals surface area contributed by atoms with Crippen molar-refractivity contribution in [3.05, 3.63) is 23.8 Å². The normalized spacial score (nSPS) is 10.8. The lowest BCUT2D eigenvalue weighted by molar-refractivity contribution is 0.237. The summed E-state index contributed by atoms with van der Waals surface area (Å²) in [5.41, 5.74) is 1.20. The summed E-state index contributed by atoms with van der Waals surface area (Å²) in [7, 11) is 1.69. The fourth-order valence-electron chi connectivity index (χ4n) is 2.07. The van der Waals surface area contributed by atoms with Crippen molar-refractivity contribution >= 4 is 0 Å². The van der Waals surface area contributed by atoms with E-state index in [0.717, 1.165) is 50.5 Å². The molecule has 0 fully saturated rings. The van der Waals surface area contributed by atoms with Crippen LogP contribution in [0.5, 0.6) is 11.5 Å². The van der Waals surface area contributed by atoms with Crippen molar-refractivity contribution in [1.29, 1.82) is 0 Å². The number of ether oxygens (including phenoxy) is 2.